The maximum absolute atomic E-state index is 10.6. The Labute approximate surface area is 92.5 Å². The van der Waals surface area contributed by atoms with Gasteiger partial charge in [-0.3, -0.25) is 0 Å². The predicted molar refractivity (Wildman–Crippen MR) is 57.3 cm³/mol. The molecule has 1 N–H and O–H groups in total. The van der Waals surface area contributed by atoms with Crippen LogP contribution in [0.15, 0.2) is 40.9 Å². The number of hydrogen-bond donors (Lipinski definition) is 1. The lowest BCUT2D eigenvalue weighted by atomic mass is 10.1. The highest BCUT2D eigenvalue weighted by Gasteiger charge is 2.10. The molecule has 0 radical (unpaired) electrons. The highest BCUT2D eigenvalue weighted by molar-refractivity contribution is 5.84. The van der Waals surface area contributed by atoms with Crippen LogP contribution in [-0.4, -0.2) is 16.2 Å². The molecule has 0 atom stereocenters. The average molecular weight is 217 g/mol. The van der Waals surface area contributed by atoms with E-state index in [9.17, 15) is 4.79 Å². The van der Waals surface area contributed by atoms with Gasteiger partial charge in [-0.15, -0.1) is 0 Å². The van der Waals surface area contributed by atoms with Gasteiger partial charge in [0.05, 0.1) is 5.69 Å². The van der Waals surface area contributed by atoms with Gasteiger partial charge >= 0.3 is 5.97 Å². The number of aryl methyl sites for hydroxylation is 2. The summed E-state index contributed by atoms with van der Waals surface area (Å²) in [6, 6.07) is 11.4. The third-order valence-corrected chi connectivity index (χ3v) is 2.28. The summed E-state index contributed by atoms with van der Waals surface area (Å²) in [7, 11) is 0. The summed E-state index contributed by atoms with van der Waals surface area (Å²) < 4.78 is 4.66. The molecule has 0 amide bonds. The first-order valence-electron chi connectivity index (χ1n) is 4.98. The summed E-state index contributed by atoms with van der Waals surface area (Å²) in [5.74, 6) is -1.19. The standard InChI is InChI=1S/C12H11NO3/c14-12(15)11-8-10(13-16-11)7-6-9-4-2-1-3-5-9/h1-5,8H,6-7H2,(H,14,15). The topological polar surface area (TPSA) is 63.3 Å². The fourth-order valence-electron chi connectivity index (χ4n) is 1.45. The van der Waals surface area contributed by atoms with E-state index < -0.39 is 5.97 Å². The predicted octanol–water partition coefficient (Wildman–Crippen LogP) is 2.16. The molecule has 0 spiro atoms. The minimum absolute atomic E-state index is 0.108. The number of benzene rings is 1. The van der Waals surface area contributed by atoms with Crippen molar-refractivity contribution < 1.29 is 14.4 Å². The van der Waals surface area contributed by atoms with Crippen molar-refractivity contribution in [3.8, 4) is 0 Å². The molecule has 0 unspecified atom stereocenters. The van der Waals surface area contributed by atoms with E-state index in [0.717, 1.165) is 6.42 Å². The molecular weight excluding hydrogens is 206 g/mol. The van der Waals surface area contributed by atoms with Crippen LogP contribution in [0, 0.1) is 0 Å². The monoisotopic (exact) mass is 217 g/mol. The Kier molecular flexibility index (Phi) is 3.00. The second kappa shape index (κ2) is 4.61. The molecule has 0 aliphatic heterocycles. The molecule has 82 valence electrons. The van der Waals surface area contributed by atoms with Crippen LogP contribution in [0.1, 0.15) is 21.8 Å². The first kappa shape index (κ1) is 10.4. The number of carboxylic acid groups (broad SMARTS) is 1. The molecule has 4 nitrogen and oxygen atoms in total. The van der Waals surface area contributed by atoms with Gasteiger partial charge in [0.1, 0.15) is 0 Å². The van der Waals surface area contributed by atoms with Crippen molar-refractivity contribution in [2.45, 2.75) is 12.8 Å². The van der Waals surface area contributed by atoms with Crippen LogP contribution < -0.4 is 0 Å². The normalized spacial score (nSPS) is 10.2. The van der Waals surface area contributed by atoms with Gasteiger partial charge < -0.3 is 9.63 Å². The molecule has 16 heavy (non-hydrogen) atoms. The average Bonchev–Trinajstić information content (AvgIpc) is 2.76. The molecule has 1 aromatic heterocycles. The largest absolute Gasteiger partial charge is 0.475 e. The van der Waals surface area contributed by atoms with E-state index in [1.165, 1.54) is 11.6 Å². The Morgan fingerprint density at radius 3 is 2.62 bits per heavy atom. The lowest BCUT2D eigenvalue weighted by molar-refractivity contribution is 0.0652. The van der Waals surface area contributed by atoms with E-state index in [0.29, 0.717) is 12.1 Å². The summed E-state index contributed by atoms with van der Waals surface area (Å²) >= 11 is 0. The number of aromatic nitrogens is 1. The molecule has 0 aliphatic carbocycles. The lowest BCUT2D eigenvalue weighted by Crippen LogP contribution is -1.93. The van der Waals surface area contributed by atoms with Crippen LogP contribution in [0.5, 0.6) is 0 Å². The van der Waals surface area contributed by atoms with E-state index in [2.05, 4.69) is 9.68 Å². The van der Waals surface area contributed by atoms with Gasteiger partial charge in [0, 0.05) is 6.07 Å². The molecule has 1 aromatic carbocycles. The second-order valence-corrected chi connectivity index (χ2v) is 3.47. The van der Waals surface area contributed by atoms with Crippen molar-refractivity contribution in [2.24, 2.45) is 0 Å². The molecule has 1 heterocycles. The first-order valence-corrected chi connectivity index (χ1v) is 4.98. The molecule has 0 aliphatic rings. The van der Waals surface area contributed by atoms with Crippen LogP contribution in [-0.2, 0) is 12.8 Å². The Balaban J connectivity index is 1.97. The van der Waals surface area contributed by atoms with Crippen LogP contribution >= 0.6 is 0 Å². The third-order valence-electron chi connectivity index (χ3n) is 2.28. The third kappa shape index (κ3) is 2.48. The Morgan fingerprint density at radius 1 is 1.25 bits per heavy atom. The van der Waals surface area contributed by atoms with E-state index in [1.54, 1.807) is 0 Å². The van der Waals surface area contributed by atoms with E-state index in [-0.39, 0.29) is 5.76 Å². The molecule has 0 bridgehead atoms. The summed E-state index contributed by atoms with van der Waals surface area (Å²) in [5.41, 5.74) is 1.86. The van der Waals surface area contributed by atoms with Crippen molar-refractivity contribution in [1.29, 1.82) is 0 Å². The smallest absolute Gasteiger partial charge is 0.374 e. The second-order valence-electron chi connectivity index (χ2n) is 3.47. The maximum atomic E-state index is 10.6. The fourth-order valence-corrected chi connectivity index (χ4v) is 1.45. The highest BCUT2D eigenvalue weighted by Crippen LogP contribution is 2.08. The maximum Gasteiger partial charge on any atom is 0.374 e. The van der Waals surface area contributed by atoms with Gasteiger partial charge in [0.25, 0.3) is 0 Å². The minimum atomic E-state index is -1.08. The lowest BCUT2D eigenvalue weighted by Gasteiger charge is -1.96. The number of nitrogens with zero attached hydrogens (tertiary/aromatic N) is 1. The van der Waals surface area contributed by atoms with Crippen molar-refractivity contribution in [3.63, 3.8) is 0 Å². The van der Waals surface area contributed by atoms with Crippen molar-refractivity contribution >= 4 is 5.97 Å². The van der Waals surface area contributed by atoms with Crippen molar-refractivity contribution in [1.82, 2.24) is 5.16 Å². The quantitative estimate of drug-likeness (QED) is 0.852. The molecule has 2 rings (SSSR count). The zero-order valence-electron chi connectivity index (χ0n) is 8.59. The molecule has 2 aromatic rings. The molecular formula is C12H11NO3. The van der Waals surface area contributed by atoms with Gasteiger partial charge in [0.15, 0.2) is 0 Å². The van der Waals surface area contributed by atoms with Gasteiger partial charge in [0.2, 0.25) is 5.76 Å². The number of carboxylic acids is 1. The summed E-state index contributed by atoms with van der Waals surface area (Å²) in [6.45, 7) is 0. The van der Waals surface area contributed by atoms with E-state index >= 15 is 0 Å². The molecule has 4 heteroatoms. The van der Waals surface area contributed by atoms with Crippen LogP contribution in [0.3, 0.4) is 0 Å². The highest BCUT2D eigenvalue weighted by atomic mass is 16.5. The van der Waals surface area contributed by atoms with Crippen molar-refractivity contribution in [2.75, 3.05) is 0 Å². The molecule has 0 saturated heterocycles. The summed E-state index contributed by atoms with van der Waals surface area (Å²) in [4.78, 5) is 10.6. The molecule has 0 fully saturated rings. The SMILES string of the molecule is O=C(O)c1cc(CCc2ccccc2)no1. The van der Waals surface area contributed by atoms with Gasteiger partial charge in [-0.25, -0.2) is 4.79 Å². The van der Waals surface area contributed by atoms with Crippen molar-refractivity contribution in [3.05, 3.63) is 53.4 Å². The first-order chi connectivity index (χ1) is 7.75. The molecule has 0 saturated carbocycles. The number of aromatic carboxylic acids is 1. The number of rotatable bonds is 4. The Hall–Kier alpha value is -2.10. The van der Waals surface area contributed by atoms with Gasteiger partial charge in [-0.1, -0.05) is 35.5 Å². The van der Waals surface area contributed by atoms with Gasteiger partial charge in [-0.05, 0) is 18.4 Å². The summed E-state index contributed by atoms with van der Waals surface area (Å²) in [5, 5.41) is 12.3. The zero-order chi connectivity index (χ0) is 11.4. The van der Waals surface area contributed by atoms with E-state index in [4.69, 9.17) is 5.11 Å². The number of hydrogen-bond acceptors (Lipinski definition) is 3. The Bertz CT molecular complexity index is 476. The zero-order valence-corrected chi connectivity index (χ0v) is 8.59. The fraction of sp³-hybridized carbons (Fsp3) is 0.167. The number of carbonyl (C=O) groups is 1. The van der Waals surface area contributed by atoms with E-state index in [1.807, 2.05) is 30.3 Å². The van der Waals surface area contributed by atoms with Crippen LogP contribution in [0.25, 0.3) is 0 Å². The Morgan fingerprint density at radius 2 is 2.00 bits per heavy atom. The summed E-state index contributed by atoms with van der Waals surface area (Å²) in [6.07, 6.45) is 1.51. The van der Waals surface area contributed by atoms with Crippen LogP contribution in [0.2, 0.25) is 0 Å². The minimum Gasteiger partial charge on any atom is -0.475 e. The van der Waals surface area contributed by atoms with Crippen LogP contribution in [0.4, 0.5) is 0 Å². The van der Waals surface area contributed by atoms with Gasteiger partial charge in [-0.2, -0.15) is 0 Å².